The van der Waals surface area contributed by atoms with Gasteiger partial charge >= 0.3 is 5.97 Å². The summed E-state index contributed by atoms with van der Waals surface area (Å²) in [5.41, 5.74) is 0.0541. The number of carboxylic acid groups (broad SMARTS) is 1. The van der Waals surface area contributed by atoms with Gasteiger partial charge in [0.15, 0.2) is 5.69 Å². The van der Waals surface area contributed by atoms with Crippen molar-refractivity contribution in [3.05, 3.63) is 16.1 Å². The van der Waals surface area contributed by atoms with E-state index < -0.39 is 5.97 Å². The molecule has 0 aromatic carbocycles. The van der Waals surface area contributed by atoms with Crippen molar-refractivity contribution in [3.8, 4) is 0 Å². The van der Waals surface area contributed by atoms with Crippen molar-refractivity contribution >= 4 is 21.9 Å². The van der Waals surface area contributed by atoms with Crippen molar-refractivity contribution in [1.29, 1.82) is 0 Å². The summed E-state index contributed by atoms with van der Waals surface area (Å²) in [7, 11) is 0. The normalized spacial score (nSPS) is 10.2. The predicted octanol–water partition coefficient (Wildman–Crippen LogP) is 1.82. The number of aromatic carboxylic acids is 1. The van der Waals surface area contributed by atoms with E-state index in [2.05, 4.69) is 25.9 Å². The zero-order valence-electron chi connectivity index (χ0n) is 6.59. The summed E-state index contributed by atoms with van der Waals surface area (Å²) in [6.45, 7) is 2.01. The number of nitrogens with zero attached hydrogens (tertiary/aromatic N) is 1. The van der Waals surface area contributed by atoms with Crippen molar-refractivity contribution in [1.82, 2.24) is 9.97 Å². The number of H-pyrrole nitrogens is 1. The van der Waals surface area contributed by atoms with Crippen LogP contribution in [0.15, 0.2) is 4.60 Å². The molecule has 0 saturated carbocycles. The van der Waals surface area contributed by atoms with Gasteiger partial charge in [0.1, 0.15) is 10.4 Å². The van der Waals surface area contributed by atoms with Gasteiger partial charge in [-0.3, -0.25) is 0 Å². The van der Waals surface area contributed by atoms with Gasteiger partial charge in [-0.2, -0.15) is 0 Å². The average molecular weight is 233 g/mol. The van der Waals surface area contributed by atoms with E-state index in [1.165, 1.54) is 0 Å². The van der Waals surface area contributed by atoms with Gasteiger partial charge in [0.2, 0.25) is 0 Å². The Hall–Kier alpha value is -0.840. The molecule has 0 aliphatic carbocycles. The summed E-state index contributed by atoms with van der Waals surface area (Å²) in [4.78, 5) is 17.3. The Bertz CT molecular complexity index is 296. The lowest BCUT2D eigenvalue weighted by Gasteiger charge is -1.87. The number of carbonyl (C=O) groups is 1. The number of carboxylic acids is 1. The maximum atomic E-state index is 10.5. The topological polar surface area (TPSA) is 66.0 Å². The molecule has 1 rings (SSSR count). The molecule has 0 unspecified atom stereocenters. The van der Waals surface area contributed by atoms with Crippen LogP contribution in [-0.2, 0) is 6.42 Å². The first-order valence-corrected chi connectivity index (χ1v) is 4.42. The third-order valence-corrected chi connectivity index (χ3v) is 1.97. The zero-order chi connectivity index (χ0) is 9.14. The van der Waals surface area contributed by atoms with Crippen LogP contribution in [0.4, 0.5) is 0 Å². The second-order valence-electron chi connectivity index (χ2n) is 2.40. The van der Waals surface area contributed by atoms with Crippen molar-refractivity contribution in [2.45, 2.75) is 19.8 Å². The number of hydrogen-bond acceptors (Lipinski definition) is 2. The van der Waals surface area contributed by atoms with E-state index in [0.29, 0.717) is 10.4 Å². The first kappa shape index (κ1) is 9.25. The van der Waals surface area contributed by atoms with Crippen LogP contribution in [-0.4, -0.2) is 21.0 Å². The number of nitrogens with one attached hydrogen (secondary N) is 1. The van der Waals surface area contributed by atoms with Gasteiger partial charge in [-0.1, -0.05) is 6.92 Å². The van der Waals surface area contributed by atoms with Gasteiger partial charge in [0.25, 0.3) is 0 Å². The highest BCUT2D eigenvalue weighted by Gasteiger charge is 2.13. The molecule has 0 saturated heterocycles. The van der Waals surface area contributed by atoms with E-state index in [4.69, 9.17) is 5.11 Å². The van der Waals surface area contributed by atoms with Crippen LogP contribution in [0.5, 0.6) is 0 Å². The molecule has 0 aliphatic heterocycles. The van der Waals surface area contributed by atoms with Crippen LogP contribution in [0.2, 0.25) is 0 Å². The lowest BCUT2D eigenvalue weighted by atomic mass is 10.3. The molecule has 66 valence electrons. The molecule has 0 spiro atoms. The molecule has 0 aliphatic rings. The van der Waals surface area contributed by atoms with E-state index in [1.807, 2.05) is 6.92 Å². The molecule has 0 fully saturated rings. The molecule has 0 amide bonds. The summed E-state index contributed by atoms with van der Waals surface area (Å²) in [5, 5.41) is 8.63. The van der Waals surface area contributed by atoms with Gasteiger partial charge < -0.3 is 10.1 Å². The summed E-state index contributed by atoms with van der Waals surface area (Å²) in [6.07, 6.45) is 1.71. The Kier molecular flexibility index (Phi) is 2.86. The van der Waals surface area contributed by atoms with E-state index in [9.17, 15) is 4.79 Å². The minimum absolute atomic E-state index is 0.0541. The van der Waals surface area contributed by atoms with Gasteiger partial charge in [0.05, 0.1) is 0 Å². The zero-order valence-corrected chi connectivity index (χ0v) is 8.18. The molecular formula is C7H9BrN2O2. The molecule has 1 aromatic rings. The third-order valence-electron chi connectivity index (χ3n) is 1.40. The maximum Gasteiger partial charge on any atom is 0.357 e. The number of imidazole rings is 1. The predicted molar refractivity (Wildman–Crippen MR) is 47.2 cm³/mol. The fourth-order valence-corrected chi connectivity index (χ4v) is 1.38. The Balaban J connectivity index is 2.92. The second-order valence-corrected chi connectivity index (χ2v) is 3.19. The van der Waals surface area contributed by atoms with Crippen LogP contribution in [0.1, 0.15) is 29.7 Å². The van der Waals surface area contributed by atoms with E-state index in [1.54, 1.807) is 0 Å². The molecule has 0 radical (unpaired) electrons. The molecule has 4 nitrogen and oxygen atoms in total. The molecule has 0 atom stereocenters. The number of rotatable bonds is 3. The number of aromatic nitrogens is 2. The summed E-state index contributed by atoms with van der Waals surface area (Å²) >= 11 is 3.09. The minimum atomic E-state index is -1.01. The van der Waals surface area contributed by atoms with Crippen LogP contribution >= 0.6 is 15.9 Å². The maximum absolute atomic E-state index is 10.5. The SMILES string of the molecule is CCCc1nc(C(=O)O)c(Br)[nH]1. The highest BCUT2D eigenvalue weighted by Crippen LogP contribution is 2.14. The van der Waals surface area contributed by atoms with Crippen molar-refractivity contribution < 1.29 is 9.90 Å². The Morgan fingerprint density at radius 3 is 2.83 bits per heavy atom. The highest BCUT2D eigenvalue weighted by molar-refractivity contribution is 9.10. The number of hydrogen-bond donors (Lipinski definition) is 2. The van der Waals surface area contributed by atoms with Crippen LogP contribution in [0.3, 0.4) is 0 Å². The Labute approximate surface area is 78.1 Å². The molecule has 2 N–H and O–H groups in total. The number of aromatic amines is 1. The number of aryl methyl sites for hydroxylation is 1. The van der Waals surface area contributed by atoms with Crippen LogP contribution in [0, 0.1) is 0 Å². The van der Waals surface area contributed by atoms with Crippen molar-refractivity contribution in [3.63, 3.8) is 0 Å². The van der Waals surface area contributed by atoms with Crippen LogP contribution in [0.25, 0.3) is 0 Å². The van der Waals surface area contributed by atoms with Gasteiger partial charge in [0, 0.05) is 6.42 Å². The summed E-state index contributed by atoms with van der Waals surface area (Å²) in [6, 6.07) is 0. The lowest BCUT2D eigenvalue weighted by Crippen LogP contribution is -1.97. The largest absolute Gasteiger partial charge is 0.476 e. The van der Waals surface area contributed by atoms with Gasteiger partial charge in [-0.15, -0.1) is 0 Å². The Morgan fingerprint density at radius 1 is 1.75 bits per heavy atom. The smallest absolute Gasteiger partial charge is 0.357 e. The van der Waals surface area contributed by atoms with E-state index in [-0.39, 0.29) is 5.69 Å². The quantitative estimate of drug-likeness (QED) is 0.836. The van der Waals surface area contributed by atoms with E-state index >= 15 is 0 Å². The van der Waals surface area contributed by atoms with Crippen molar-refractivity contribution in [2.75, 3.05) is 0 Å². The first-order chi connectivity index (χ1) is 5.65. The molecule has 1 heterocycles. The number of halogens is 1. The van der Waals surface area contributed by atoms with Crippen LogP contribution < -0.4 is 0 Å². The van der Waals surface area contributed by atoms with E-state index in [0.717, 1.165) is 12.8 Å². The fourth-order valence-electron chi connectivity index (χ4n) is 0.895. The van der Waals surface area contributed by atoms with Gasteiger partial charge in [-0.25, -0.2) is 9.78 Å². The Morgan fingerprint density at radius 2 is 2.42 bits per heavy atom. The second kappa shape index (κ2) is 3.71. The lowest BCUT2D eigenvalue weighted by molar-refractivity contribution is 0.0690. The van der Waals surface area contributed by atoms with Crippen molar-refractivity contribution in [2.24, 2.45) is 0 Å². The minimum Gasteiger partial charge on any atom is -0.476 e. The monoisotopic (exact) mass is 232 g/mol. The standard InChI is InChI=1S/C7H9BrN2O2/c1-2-3-4-9-5(7(11)12)6(8)10-4/h2-3H2,1H3,(H,9,10)(H,11,12). The molecule has 5 heteroatoms. The van der Waals surface area contributed by atoms with Gasteiger partial charge in [-0.05, 0) is 22.4 Å². The molecule has 12 heavy (non-hydrogen) atoms. The highest BCUT2D eigenvalue weighted by atomic mass is 79.9. The first-order valence-electron chi connectivity index (χ1n) is 3.62. The fraction of sp³-hybridized carbons (Fsp3) is 0.429. The molecule has 1 aromatic heterocycles. The molecule has 0 bridgehead atoms. The average Bonchev–Trinajstić information content (AvgIpc) is 2.32. The molecular weight excluding hydrogens is 224 g/mol. The summed E-state index contributed by atoms with van der Waals surface area (Å²) in [5.74, 6) is -0.303. The third kappa shape index (κ3) is 1.85. The summed E-state index contributed by atoms with van der Waals surface area (Å²) < 4.78 is 0.443.